The SMILES string of the molecule is C=NN1C=C(C)C(N2CC[C@H](N)C2)=N/C1=C/C1CCCCN1C(=O)c1csc2c1CCCC2. The first-order valence-corrected chi connectivity index (χ1v) is 13.1. The van der Waals surface area contributed by atoms with Gasteiger partial charge in [0.25, 0.3) is 5.91 Å². The number of fused-ring (bicyclic) bond motifs is 1. The highest BCUT2D eigenvalue weighted by Gasteiger charge is 2.32. The summed E-state index contributed by atoms with van der Waals surface area (Å²) in [5.74, 6) is 1.86. The first kappa shape index (κ1) is 22.3. The van der Waals surface area contributed by atoms with E-state index in [0.717, 1.165) is 81.0 Å². The fourth-order valence-corrected chi connectivity index (χ4v) is 6.58. The van der Waals surface area contributed by atoms with Crippen LogP contribution in [0.25, 0.3) is 0 Å². The van der Waals surface area contributed by atoms with Gasteiger partial charge in [0.1, 0.15) is 5.84 Å². The van der Waals surface area contributed by atoms with E-state index in [4.69, 9.17) is 10.7 Å². The molecule has 4 heterocycles. The lowest BCUT2D eigenvalue weighted by molar-refractivity contribution is 0.0661. The number of aryl methyl sites for hydroxylation is 1. The quantitative estimate of drug-likeness (QED) is 0.689. The number of hydrazone groups is 1. The fourth-order valence-electron chi connectivity index (χ4n) is 5.46. The largest absolute Gasteiger partial charge is 0.355 e. The van der Waals surface area contributed by atoms with Gasteiger partial charge in [-0.15, -0.1) is 11.3 Å². The fraction of sp³-hybridized carbons (Fsp3) is 0.560. The standard InChI is InChI=1S/C25H34N6OS/c1-17-14-31(27-2)23(28-24(17)29-12-10-18(26)15-29)13-19-7-5-6-11-30(19)25(32)21-16-33-22-9-4-3-8-20(21)22/h13-14,16,18-19H,2-12,15,26H2,1H3/b23-13-/t18-,19?/m0/s1. The second-order valence-corrected chi connectivity index (χ2v) is 10.5. The van der Waals surface area contributed by atoms with Crippen LogP contribution in [-0.4, -0.2) is 65.0 Å². The Balaban J connectivity index is 1.44. The molecule has 176 valence electrons. The van der Waals surface area contributed by atoms with Crippen LogP contribution in [0.1, 0.15) is 66.2 Å². The van der Waals surface area contributed by atoms with E-state index in [1.165, 1.54) is 23.3 Å². The van der Waals surface area contributed by atoms with Crippen molar-refractivity contribution in [1.29, 1.82) is 0 Å². The zero-order chi connectivity index (χ0) is 22.9. The predicted octanol–water partition coefficient (Wildman–Crippen LogP) is 3.73. The molecule has 1 aliphatic carbocycles. The molecule has 0 radical (unpaired) electrons. The lowest BCUT2D eigenvalue weighted by Gasteiger charge is -2.35. The van der Waals surface area contributed by atoms with E-state index in [9.17, 15) is 4.79 Å². The van der Waals surface area contributed by atoms with Gasteiger partial charge in [-0.2, -0.15) is 5.10 Å². The number of amidine groups is 1. The van der Waals surface area contributed by atoms with Crippen LogP contribution >= 0.6 is 11.3 Å². The maximum Gasteiger partial charge on any atom is 0.255 e. The molecule has 0 spiro atoms. The van der Waals surface area contributed by atoms with Gasteiger partial charge in [-0.3, -0.25) is 4.79 Å². The molecule has 1 amide bonds. The number of rotatable bonds is 3. The Labute approximate surface area is 200 Å². The van der Waals surface area contributed by atoms with Gasteiger partial charge in [0.05, 0.1) is 11.6 Å². The number of carbonyl (C=O) groups excluding carboxylic acids is 1. The molecule has 33 heavy (non-hydrogen) atoms. The van der Waals surface area contributed by atoms with Gasteiger partial charge in [0.15, 0.2) is 5.82 Å². The molecule has 1 unspecified atom stereocenters. The predicted molar refractivity (Wildman–Crippen MR) is 134 cm³/mol. The van der Waals surface area contributed by atoms with E-state index >= 15 is 0 Å². The number of thiophene rings is 1. The third kappa shape index (κ3) is 4.38. The van der Waals surface area contributed by atoms with Crippen molar-refractivity contribution < 1.29 is 4.79 Å². The van der Waals surface area contributed by atoms with Crippen LogP contribution < -0.4 is 5.73 Å². The Bertz CT molecular complexity index is 1020. The van der Waals surface area contributed by atoms with Crippen molar-refractivity contribution in [2.24, 2.45) is 15.8 Å². The zero-order valence-electron chi connectivity index (χ0n) is 19.5. The first-order valence-electron chi connectivity index (χ1n) is 12.2. The second-order valence-electron chi connectivity index (χ2n) is 9.57. The van der Waals surface area contributed by atoms with Gasteiger partial charge < -0.3 is 15.5 Å². The van der Waals surface area contributed by atoms with Crippen LogP contribution in [0, 0.1) is 0 Å². The monoisotopic (exact) mass is 466 g/mol. The van der Waals surface area contributed by atoms with E-state index in [0.29, 0.717) is 0 Å². The van der Waals surface area contributed by atoms with Gasteiger partial charge in [-0.25, -0.2) is 10.0 Å². The highest BCUT2D eigenvalue weighted by molar-refractivity contribution is 7.10. The van der Waals surface area contributed by atoms with Gasteiger partial charge >= 0.3 is 0 Å². The number of hydrogen-bond donors (Lipinski definition) is 1. The third-order valence-electron chi connectivity index (χ3n) is 7.24. The molecule has 0 bridgehead atoms. The number of piperidine rings is 1. The zero-order valence-corrected chi connectivity index (χ0v) is 20.3. The number of amides is 1. The molecule has 1 aromatic heterocycles. The van der Waals surface area contributed by atoms with Crippen molar-refractivity contribution in [3.05, 3.63) is 45.1 Å². The smallest absolute Gasteiger partial charge is 0.255 e. The van der Waals surface area contributed by atoms with E-state index in [1.54, 1.807) is 16.3 Å². The average Bonchev–Trinajstić information content (AvgIpc) is 3.46. The minimum atomic E-state index is 0.00211. The number of carbonyl (C=O) groups is 1. The summed E-state index contributed by atoms with van der Waals surface area (Å²) >= 11 is 1.76. The van der Waals surface area contributed by atoms with Crippen molar-refractivity contribution in [2.75, 3.05) is 19.6 Å². The van der Waals surface area contributed by atoms with Crippen molar-refractivity contribution in [3.63, 3.8) is 0 Å². The number of likely N-dealkylation sites (tertiary alicyclic amines) is 2. The summed E-state index contributed by atoms with van der Waals surface area (Å²) in [4.78, 5) is 24.4. The molecule has 8 heteroatoms. The molecule has 3 aliphatic heterocycles. The summed E-state index contributed by atoms with van der Waals surface area (Å²) in [7, 11) is 0. The molecule has 4 aliphatic rings. The van der Waals surface area contributed by atoms with Crippen LogP contribution in [0.4, 0.5) is 0 Å². The highest BCUT2D eigenvalue weighted by atomic mass is 32.1. The molecule has 5 rings (SSSR count). The summed E-state index contributed by atoms with van der Waals surface area (Å²) in [6.07, 6.45) is 12.7. The van der Waals surface area contributed by atoms with E-state index < -0.39 is 0 Å². The molecule has 2 fully saturated rings. The van der Waals surface area contributed by atoms with Crippen LogP contribution in [0.5, 0.6) is 0 Å². The molecule has 2 N–H and O–H groups in total. The summed E-state index contributed by atoms with van der Waals surface area (Å²) < 4.78 is 0. The summed E-state index contributed by atoms with van der Waals surface area (Å²) in [5.41, 5.74) is 9.42. The minimum absolute atomic E-state index is 0.00211. The van der Waals surface area contributed by atoms with Gasteiger partial charge in [0.2, 0.25) is 0 Å². The van der Waals surface area contributed by atoms with Gasteiger partial charge in [-0.05, 0) is 69.9 Å². The van der Waals surface area contributed by atoms with Crippen molar-refractivity contribution in [3.8, 4) is 0 Å². The summed E-state index contributed by atoms with van der Waals surface area (Å²) in [6.45, 7) is 8.31. The second kappa shape index (κ2) is 9.43. The number of nitrogens with zero attached hydrogens (tertiary/aromatic N) is 5. The number of nitrogens with two attached hydrogens (primary N) is 1. The lowest BCUT2D eigenvalue weighted by Crippen LogP contribution is -2.43. The van der Waals surface area contributed by atoms with Gasteiger partial charge in [-0.1, -0.05) is 0 Å². The molecular formula is C25H34N6OS. The number of aliphatic imine (C=N–C) groups is 1. The Morgan fingerprint density at radius 2 is 2.09 bits per heavy atom. The van der Waals surface area contributed by atoms with Crippen molar-refractivity contribution in [1.82, 2.24) is 14.8 Å². The highest BCUT2D eigenvalue weighted by Crippen LogP contribution is 2.33. The Morgan fingerprint density at radius 3 is 2.88 bits per heavy atom. The maximum atomic E-state index is 13.7. The molecule has 1 aromatic rings. The van der Waals surface area contributed by atoms with Crippen LogP contribution in [-0.2, 0) is 12.8 Å². The summed E-state index contributed by atoms with van der Waals surface area (Å²) in [5, 5.41) is 8.01. The number of hydrogen-bond acceptors (Lipinski definition) is 7. The molecule has 0 aromatic carbocycles. The minimum Gasteiger partial charge on any atom is -0.355 e. The first-order chi connectivity index (χ1) is 16.0. The van der Waals surface area contributed by atoms with Crippen LogP contribution in [0.2, 0.25) is 0 Å². The molecule has 2 atom stereocenters. The Kier molecular flexibility index (Phi) is 6.38. The van der Waals surface area contributed by atoms with E-state index in [1.807, 2.05) is 13.1 Å². The maximum absolute atomic E-state index is 13.7. The third-order valence-corrected chi connectivity index (χ3v) is 8.33. The van der Waals surface area contributed by atoms with Crippen molar-refractivity contribution in [2.45, 2.75) is 70.4 Å². The van der Waals surface area contributed by atoms with Gasteiger partial charge in [0, 0.05) is 54.4 Å². The molecule has 0 saturated carbocycles. The normalized spacial score (nSPS) is 26.8. The average molecular weight is 467 g/mol. The topological polar surface area (TPSA) is 77.5 Å². The van der Waals surface area contributed by atoms with Crippen LogP contribution in [0.15, 0.2) is 39.1 Å². The lowest BCUT2D eigenvalue weighted by atomic mass is 9.94. The van der Waals surface area contributed by atoms with Crippen molar-refractivity contribution >= 4 is 29.8 Å². The van der Waals surface area contributed by atoms with E-state index in [-0.39, 0.29) is 18.0 Å². The molecular weight excluding hydrogens is 432 g/mol. The van der Waals surface area contributed by atoms with Crippen LogP contribution in [0.3, 0.4) is 0 Å². The molecule has 2 saturated heterocycles. The Morgan fingerprint density at radius 1 is 1.24 bits per heavy atom. The summed E-state index contributed by atoms with van der Waals surface area (Å²) in [6, 6.07) is 0.189. The Hall–Kier alpha value is -2.45. The van der Waals surface area contributed by atoms with E-state index in [2.05, 4.69) is 33.1 Å². The molecule has 7 nitrogen and oxygen atoms in total.